The van der Waals surface area contributed by atoms with E-state index in [1.165, 1.54) is 0 Å². The number of ether oxygens (including phenoxy) is 2. The Balaban J connectivity index is -0.000000540. The average Bonchev–Trinajstić information content (AvgIpc) is 2.74. The van der Waals surface area contributed by atoms with E-state index in [-0.39, 0.29) is 0 Å². The molecular weight excluding hydrogens is 634 g/mol. The van der Waals surface area contributed by atoms with Crippen LogP contribution in [0.3, 0.4) is 0 Å². The molecule has 0 atom stereocenters. The van der Waals surface area contributed by atoms with Crippen molar-refractivity contribution in [3.05, 3.63) is 0 Å². The van der Waals surface area contributed by atoms with Crippen molar-refractivity contribution in [2.75, 3.05) is 34.9 Å². The first-order chi connectivity index (χ1) is 17.2. The van der Waals surface area contributed by atoms with Gasteiger partial charge in [-0.15, -0.1) is 9.80 Å². The topological polar surface area (TPSA) is 24.9 Å². The molecule has 0 N–H and O–H groups in total. The number of halogens is 22. The molecule has 0 aromatic carbocycles. The number of nitrogens with zero attached hydrogens (tertiary/aromatic N) is 2. The van der Waals surface area contributed by atoms with Crippen molar-refractivity contribution in [3.63, 3.8) is 0 Å². The third-order valence-electron chi connectivity index (χ3n) is 3.51. The number of morpholine rings is 2. The predicted octanol–water partition coefficient (Wildman–Crippen LogP) is 7.29. The summed E-state index contributed by atoms with van der Waals surface area (Å²) in [7, 11) is 1.00. The molecule has 0 saturated carbocycles. The van der Waals surface area contributed by atoms with Crippen LogP contribution >= 0.6 is 0 Å². The van der Waals surface area contributed by atoms with E-state index in [9.17, 15) is 96.6 Å². The molecule has 2 aliphatic heterocycles. The molecule has 2 rings (SSSR count). The number of hydrogen-bond acceptors (Lipinski definition) is 4. The molecule has 39 heavy (non-hydrogen) atoms. The monoisotopic (exact) mass is 646 g/mol. The maximum absolute atomic E-state index is 12.5. The highest BCUT2D eigenvalue weighted by Gasteiger charge is 2.84. The first-order valence-corrected chi connectivity index (χ1v) is 8.19. The van der Waals surface area contributed by atoms with E-state index in [0.29, 0.717) is 14.4 Å². The van der Waals surface area contributed by atoms with Crippen molar-refractivity contribution < 1.29 is 106 Å². The number of alkyl halides is 22. The van der Waals surface area contributed by atoms with E-state index >= 15 is 0 Å². The van der Waals surface area contributed by atoms with E-state index < -0.39 is 78.9 Å². The van der Waals surface area contributed by atoms with E-state index in [1.807, 2.05) is 9.47 Å². The first-order valence-electron chi connectivity index (χ1n) is 8.19. The van der Waals surface area contributed by atoms with Gasteiger partial charge in [0.05, 0.1) is 14.4 Å². The zero-order valence-corrected chi connectivity index (χ0v) is 18.1. The Hall–Kier alpha value is -1.70. The average molecular weight is 646 g/mol. The van der Waals surface area contributed by atoms with Crippen LogP contribution in [0.2, 0.25) is 0 Å². The molecule has 0 unspecified atom stereocenters. The second kappa shape index (κ2) is 13.8. The van der Waals surface area contributed by atoms with Gasteiger partial charge in [0, 0.05) is 0 Å². The second-order valence-electron chi connectivity index (χ2n) is 5.63. The summed E-state index contributed by atoms with van der Waals surface area (Å²) in [6, 6.07) is -23.6. The van der Waals surface area contributed by atoms with Gasteiger partial charge in [-0.05, 0) is 0 Å². The van der Waals surface area contributed by atoms with Gasteiger partial charge in [-0.3, -0.25) is 8.78 Å². The quantitative estimate of drug-likeness (QED) is 0.233. The maximum Gasteiger partial charge on any atom is 0.439 e. The molecule has 2 aliphatic rings. The Morgan fingerprint density at radius 3 is 0.615 bits per heavy atom. The van der Waals surface area contributed by atoms with Crippen LogP contribution in [0.5, 0.6) is 0 Å². The van der Waals surface area contributed by atoms with Gasteiger partial charge in [0.25, 0.3) is 0 Å². The summed E-state index contributed by atoms with van der Waals surface area (Å²) >= 11 is 0. The lowest BCUT2D eigenvalue weighted by Gasteiger charge is -2.45. The molecule has 0 amide bonds. The van der Waals surface area contributed by atoms with Crippen molar-refractivity contribution in [1.29, 1.82) is 0 Å². The smallest absolute Gasteiger partial charge is 0.255 e. The lowest BCUT2D eigenvalue weighted by Crippen LogP contribution is -2.73. The summed E-state index contributed by atoms with van der Waals surface area (Å²) in [4.78, 5) is -4.52. The number of hydrogen-bond donors (Lipinski definition) is 0. The molecule has 0 radical (unpaired) electrons. The molecule has 0 aromatic heterocycles. The fourth-order valence-electron chi connectivity index (χ4n) is 1.85. The highest BCUT2D eigenvalue weighted by Crippen LogP contribution is 2.56. The molecule has 0 bridgehead atoms. The summed E-state index contributed by atoms with van der Waals surface area (Å²) in [6.45, 7) is -7.57. The van der Waals surface area contributed by atoms with Crippen molar-refractivity contribution >= 4 is 0 Å². The fourth-order valence-corrected chi connectivity index (χ4v) is 1.85. The lowest BCUT2D eigenvalue weighted by atomic mass is 10.3. The van der Waals surface area contributed by atoms with Gasteiger partial charge in [-0.1, -0.05) is 0 Å². The van der Waals surface area contributed by atoms with Gasteiger partial charge in [0.2, 0.25) is 6.93 Å². The molecule has 0 aliphatic carbocycles. The molecule has 0 spiro atoms. The summed E-state index contributed by atoms with van der Waals surface area (Å²) in [6.07, 6.45) is -23.8. The lowest BCUT2D eigenvalue weighted by molar-refractivity contribution is -0.565. The van der Waals surface area contributed by atoms with E-state index in [2.05, 4.69) is 0 Å². The minimum Gasteiger partial charge on any atom is -0.255 e. The third kappa shape index (κ3) is 7.74. The SMILES string of the molecule is CF.CF.FCF.FCN1C(F)(F)C(F)(F)OC(F)(F)C1(F)F.FCN1C(F)(F)C(F)(F)OC(F)(F)C1(F)F. The molecular formula is C13H12F22N2O2. The molecule has 26 heteroatoms. The zero-order chi connectivity index (χ0) is 32.7. The van der Waals surface area contributed by atoms with Crippen LogP contribution < -0.4 is 0 Å². The standard InChI is InChI=1S/2C5H2F9NO.CH2F2.2CH3F/c2*6-1-15-2(7,8)4(11,12)16-5(13,14)3(15,9)10;2-1-3;2*1-2/h2*1H2;1H2;2*1H3. The summed E-state index contributed by atoms with van der Waals surface area (Å²) in [5.41, 5.74) is 0. The molecule has 4 nitrogen and oxygen atoms in total. The van der Waals surface area contributed by atoms with Crippen LogP contribution in [0.4, 0.5) is 96.6 Å². The largest absolute Gasteiger partial charge is 0.439 e. The minimum atomic E-state index is -5.94. The summed E-state index contributed by atoms with van der Waals surface area (Å²) in [5, 5.41) is 0. The van der Waals surface area contributed by atoms with Crippen molar-refractivity contribution in [1.82, 2.24) is 9.80 Å². The van der Waals surface area contributed by atoms with Crippen LogP contribution in [0, 0.1) is 0 Å². The van der Waals surface area contributed by atoms with Crippen molar-refractivity contribution in [2.45, 2.75) is 48.6 Å². The number of rotatable bonds is 2. The van der Waals surface area contributed by atoms with Crippen LogP contribution in [-0.4, -0.2) is 93.3 Å². The Labute approximate surface area is 201 Å². The van der Waals surface area contributed by atoms with Gasteiger partial charge in [-0.25, -0.2) is 27.0 Å². The summed E-state index contributed by atoms with van der Waals surface area (Å²) in [5.74, 6) is 0. The third-order valence-corrected chi connectivity index (χ3v) is 3.51. The minimum absolute atomic E-state index is 0.500. The highest BCUT2D eigenvalue weighted by atomic mass is 19.4. The molecule has 0 aromatic rings. The Morgan fingerprint density at radius 2 is 0.513 bits per heavy atom. The molecule has 2 fully saturated rings. The zero-order valence-electron chi connectivity index (χ0n) is 18.1. The van der Waals surface area contributed by atoms with Crippen LogP contribution in [-0.2, 0) is 9.47 Å². The van der Waals surface area contributed by atoms with Crippen LogP contribution in [0.25, 0.3) is 0 Å². The van der Waals surface area contributed by atoms with Gasteiger partial charge in [-0.2, -0.15) is 70.2 Å². The second-order valence-corrected chi connectivity index (χ2v) is 5.63. The van der Waals surface area contributed by atoms with Crippen molar-refractivity contribution in [2.24, 2.45) is 0 Å². The first kappa shape index (κ1) is 41.8. The normalized spacial score (nSPS) is 26.5. The molecule has 2 heterocycles. The van der Waals surface area contributed by atoms with Crippen molar-refractivity contribution in [3.8, 4) is 0 Å². The van der Waals surface area contributed by atoms with E-state index in [4.69, 9.17) is 0 Å². The van der Waals surface area contributed by atoms with Crippen LogP contribution in [0.15, 0.2) is 0 Å². The Bertz CT molecular complexity index is 608. The predicted molar refractivity (Wildman–Crippen MR) is 78.5 cm³/mol. The van der Waals surface area contributed by atoms with Gasteiger partial charge < -0.3 is 0 Å². The highest BCUT2D eigenvalue weighted by molar-refractivity contribution is 4.94. The van der Waals surface area contributed by atoms with Gasteiger partial charge in [0.15, 0.2) is 13.6 Å². The Kier molecular flexibility index (Phi) is 14.8. The molecule has 2 saturated heterocycles. The van der Waals surface area contributed by atoms with E-state index in [1.54, 1.807) is 0 Å². The van der Waals surface area contributed by atoms with Crippen LogP contribution in [0.1, 0.15) is 0 Å². The van der Waals surface area contributed by atoms with Gasteiger partial charge in [0.1, 0.15) is 0 Å². The Morgan fingerprint density at radius 1 is 0.385 bits per heavy atom. The molecule has 240 valence electrons. The maximum atomic E-state index is 12.5. The van der Waals surface area contributed by atoms with Gasteiger partial charge >= 0.3 is 48.6 Å². The fraction of sp³-hybridized carbons (Fsp3) is 1.00. The summed E-state index contributed by atoms with van der Waals surface area (Å²) < 4.78 is 264. The van der Waals surface area contributed by atoms with E-state index in [0.717, 1.165) is 0 Å².